The molecule has 0 aliphatic carbocycles. The van der Waals surface area contributed by atoms with Crippen molar-refractivity contribution < 1.29 is 0 Å². The fourth-order valence-corrected chi connectivity index (χ4v) is 1.24. The molecule has 0 amide bonds. The van der Waals surface area contributed by atoms with E-state index in [4.69, 9.17) is 0 Å². The third-order valence-electron chi connectivity index (χ3n) is 1.95. The highest BCUT2D eigenvalue weighted by Crippen LogP contribution is 2.14. The van der Waals surface area contributed by atoms with Gasteiger partial charge in [0.25, 0.3) is 0 Å². The summed E-state index contributed by atoms with van der Waals surface area (Å²) in [5.41, 5.74) is 1.36. The fraction of sp³-hybridized carbons (Fsp3) is 0.100. The van der Waals surface area contributed by atoms with E-state index < -0.39 is 0 Å². The Kier molecular flexibility index (Phi) is 2.45. The van der Waals surface area contributed by atoms with Gasteiger partial charge in [-0.15, -0.1) is 0 Å². The molecule has 2 N–H and O–H groups in total. The van der Waals surface area contributed by atoms with Crippen LogP contribution in [0, 0.1) is 0 Å². The molecule has 0 fully saturated rings. The van der Waals surface area contributed by atoms with Gasteiger partial charge in [0, 0.05) is 31.1 Å². The van der Waals surface area contributed by atoms with Gasteiger partial charge in [0.1, 0.15) is 0 Å². The molecule has 2 aromatic heterocycles. The maximum absolute atomic E-state index is 11.1. The number of nitrogens with zero attached hydrogens (tertiary/aromatic N) is 2. The zero-order valence-corrected chi connectivity index (χ0v) is 8.19. The lowest BCUT2D eigenvalue weighted by Crippen LogP contribution is -2.03. The number of hydrogen-bond acceptors (Lipinski definition) is 4. The van der Waals surface area contributed by atoms with E-state index in [1.165, 1.54) is 6.07 Å². The molecule has 15 heavy (non-hydrogen) atoms. The van der Waals surface area contributed by atoms with Crippen LogP contribution in [-0.4, -0.2) is 22.0 Å². The molecule has 5 heteroatoms. The zero-order chi connectivity index (χ0) is 10.7. The molecule has 0 aromatic carbocycles. The van der Waals surface area contributed by atoms with Crippen LogP contribution in [0.3, 0.4) is 0 Å². The van der Waals surface area contributed by atoms with E-state index in [-0.39, 0.29) is 5.56 Å². The summed E-state index contributed by atoms with van der Waals surface area (Å²) in [7, 11) is 1.75. The first-order valence-corrected chi connectivity index (χ1v) is 4.49. The normalized spacial score (nSPS) is 9.93. The van der Waals surface area contributed by atoms with Gasteiger partial charge in [0.2, 0.25) is 11.5 Å². The highest BCUT2D eigenvalue weighted by Gasteiger charge is 2.00. The average Bonchev–Trinajstić information content (AvgIpc) is 2.29. The largest absolute Gasteiger partial charge is 0.357 e. The third kappa shape index (κ3) is 2.01. The van der Waals surface area contributed by atoms with E-state index in [1.807, 2.05) is 0 Å². The van der Waals surface area contributed by atoms with Crippen molar-refractivity contribution in [3.8, 4) is 11.3 Å². The monoisotopic (exact) mass is 202 g/mol. The predicted octanol–water partition coefficient (Wildman–Crippen LogP) is 0.874. The Hall–Kier alpha value is -2.17. The van der Waals surface area contributed by atoms with Gasteiger partial charge in [-0.3, -0.25) is 4.79 Å². The lowest BCUT2D eigenvalue weighted by atomic mass is 10.2. The van der Waals surface area contributed by atoms with Crippen LogP contribution in [0.1, 0.15) is 0 Å². The van der Waals surface area contributed by atoms with Crippen LogP contribution in [0.25, 0.3) is 11.3 Å². The first-order valence-electron chi connectivity index (χ1n) is 4.49. The maximum Gasteiger partial charge on any atom is 0.248 e. The molecule has 2 rings (SSSR count). The number of anilines is 1. The van der Waals surface area contributed by atoms with Crippen molar-refractivity contribution in [3.05, 3.63) is 40.9 Å². The number of rotatable bonds is 2. The molecule has 0 radical (unpaired) electrons. The molecule has 0 bridgehead atoms. The van der Waals surface area contributed by atoms with Crippen LogP contribution in [-0.2, 0) is 0 Å². The van der Waals surface area contributed by atoms with Crippen molar-refractivity contribution in [2.75, 3.05) is 12.4 Å². The van der Waals surface area contributed by atoms with Gasteiger partial charge in [0.15, 0.2) is 0 Å². The van der Waals surface area contributed by atoms with E-state index in [1.54, 1.807) is 31.6 Å². The Balaban J connectivity index is 2.49. The van der Waals surface area contributed by atoms with Gasteiger partial charge in [-0.25, -0.2) is 9.97 Å². The van der Waals surface area contributed by atoms with Crippen LogP contribution < -0.4 is 10.9 Å². The Morgan fingerprint density at radius 2 is 2.27 bits per heavy atom. The standard InChI is InChI=1S/C10H10N4O/c1-11-10-13-5-3-8(14-10)7-2-4-12-9(15)6-7/h2-6H,1H3,(H,12,15)(H,11,13,14). The maximum atomic E-state index is 11.1. The molecule has 0 aliphatic heterocycles. The minimum absolute atomic E-state index is 0.142. The molecule has 0 aliphatic rings. The van der Waals surface area contributed by atoms with Gasteiger partial charge in [0.05, 0.1) is 5.69 Å². The summed E-state index contributed by atoms with van der Waals surface area (Å²) in [6, 6.07) is 5.06. The molecular formula is C10H10N4O. The Bertz CT molecular complexity index is 521. The highest BCUT2D eigenvalue weighted by atomic mass is 16.1. The number of nitrogens with one attached hydrogen (secondary N) is 2. The minimum atomic E-state index is -0.142. The topological polar surface area (TPSA) is 70.7 Å². The second kappa shape index (κ2) is 3.91. The van der Waals surface area contributed by atoms with Gasteiger partial charge >= 0.3 is 0 Å². The van der Waals surface area contributed by atoms with Crippen LogP contribution in [0.4, 0.5) is 5.95 Å². The number of aromatic nitrogens is 3. The van der Waals surface area contributed by atoms with Gasteiger partial charge < -0.3 is 10.3 Å². The van der Waals surface area contributed by atoms with E-state index in [9.17, 15) is 4.79 Å². The van der Waals surface area contributed by atoms with Gasteiger partial charge in [-0.05, 0) is 12.1 Å². The smallest absolute Gasteiger partial charge is 0.248 e. The predicted molar refractivity (Wildman–Crippen MR) is 57.6 cm³/mol. The van der Waals surface area contributed by atoms with Crippen molar-refractivity contribution in [1.82, 2.24) is 15.0 Å². The first kappa shape index (κ1) is 9.39. The van der Waals surface area contributed by atoms with Gasteiger partial charge in [-0.2, -0.15) is 0 Å². The molecule has 0 atom stereocenters. The van der Waals surface area contributed by atoms with Crippen molar-refractivity contribution >= 4 is 5.95 Å². The Morgan fingerprint density at radius 3 is 3.00 bits per heavy atom. The summed E-state index contributed by atoms with van der Waals surface area (Å²) < 4.78 is 0. The molecule has 5 nitrogen and oxygen atoms in total. The lowest BCUT2D eigenvalue weighted by molar-refractivity contribution is 1.15. The molecule has 2 heterocycles. The Morgan fingerprint density at radius 1 is 1.40 bits per heavy atom. The SMILES string of the molecule is CNc1nccc(-c2cc[nH]c(=O)c2)n1. The Labute approximate surface area is 86.2 Å². The second-order valence-electron chi connectivity index (χ2n) is 2.96. The van der Waals surface area contributed by atoms with E-state index in [2.05, 4.69) is 20.3 Å². The van der Waals surface area contributed by atoms with E-state index in [0.29, 0.717) is 5.95 Å². The zero-order valence-electron chi connectivity index (χ0n) is 8.19. The fourth-order valence-electron chi connectivity index (χ4n) is 1.24. The first-order chi connectivity index (χ1) is 7.29. The molecule has 0 saturated heterocycles. The molecule has 0 spiro atoms. The van der Waals surface area contributed by atoms with Crippen LogP contribution in [0.5, 0.6) is 0 Å². The van der Waals surface area contributed by atoms with E-state index >= 15 is 0 Å². The van der Waals surface area contributed by atoms with Crippen molar-refractivity contribution in [3.63, 3.8) is 0 Å². The van der Waals surface area contributed by atoms with Crippen molar-refractivity contribution in [2.45, 2.75) is 0 Å². The molecule has 76 valence electrons. The van der Waals surface area contributed by atoms with Crippen molar-refractivity contribution in [1.29, 1.82) is 0 Å². The number of pyridine rings is 1. The number of H-pyrrole nitrogens is 1. The summed E-state index contributed by atoms with van der Waals surface area (Å²) in [6.07, 6.45) is 3.24. The summed E-state index contributed by atoms with van der Waals surface area (Å²) in [5.74, 6) is 0.535. The average molecular weight is 202 g/mol. The lowest BCUT2D eigenvalue weighted by Gasteiger charge is -2.01. The summed E-state index contributed by atoms with van der Waals surface area (Å²) in [4.78, 5) is 21.9. The summed E-state index contributed by atoms with van der Waals surface area (Å²) in [6.45, 7) is 0. The van der Waals surface area contributed by atoms with Gasteiger partial charge in [-0.1, -0.05) is 0 Å². The number of aromatic amines is 1. The van der Waals surface area contributed by atoms with Crippen molar-refractivity contribution in [2.24, 2.45) is 0 Å². The molecule has 0 unspecified atom stereocenters. The highest BCUT2D eigenvalue weighted by molar-refractivity contribution is 5.58. The second-order valence-corrected chi connectivity index (χ2v) is 2.96. The minimum Gasteiger partial charge on any atom is -0.357 e. The van der Waals surface area contributed by atoms with Crippen LogP contribution >= 0.6 is 0 Å². The molecule has 0 saturated carbocycles. The van der Waals surface area contributed by atoms with E-state index in [0.717, 1.165) is 11.3 Å². The quantitative estimate of drug-likeness (QED) is 0.758. The van der Waals surface area contributed by atoms with Crippen LogP contribution in [0.2, 0.25) is 0 Å². The molecule has 2 aromatic rings. The summed E-state index contributed by atoms with van der Waals surface area (Å²) >= 11 is 0. The van der Waals surface area contributed by atoms with Crippen LogP contribution in [0.15, 0.2) is 35.4 Å². The number of hydrogen-bond donors (Lipinski definition) is 2. The summed E-state index contributed by atoms with van der Waals surface area (Å²) in [5, 5.41) is 2.84. The molecular weight excluding hydrogens is 192 g/mol. The third-order valence-corrected chi connectivity index (χ3v) is 1.95.